The summed E-state index contributed by atoms with van der Waals surface area (Å²) in [7, 11) is 0. The maximum absolute atomic E-state index is 12.3. The fraction of sp³-hybridized carbons (Fsp3) is 0.333. The Morgan fingerprint density at radius 2 is 1.93 bits per heavy atom. The van der Waals surface area contributed by atoms with Gasteiger partial charge in [0.2, 0.25) is 0 Å². The van der Waals surface area contributed by atoms with Crippen molar-refractivity contribution in [1.82, 2.24) is 15.3 Å². The van der Waals surface area contributed by atoms with Crippen LogP contribution in [0.1, 0.15) is 35.9 Å². The molecule has 1 atom stereocenters. The number of carbonyl (C=O) groups is 1. The topological polar surface area (TPSA) is 110 Å². The summed E-state index contributed by atoms with van der Waals surface area (Å²) in [5, 5.41) is 2.83. The van der Waals surface area contributed by atoms with E-state index in [1.165, 1.54) is 5.56 Å². The van der Waals surface area contributed by atoms with Gasteiger partial charge >= 0.3 is 0 Å². The zero-order valence-corrected chi connectivity index (χ0v) is 15.7. The Bertz CT molecular complexity index is 901. The van der Waals surface area contributed by atoms with Crippen molar-refractivity contribution in [3.8, 4) is 11.1 Å². The zero-order valence-electron chi connectivity index (χ0n) is 15.7. The average Bonchev–Trinajstić information content (AvgIpc) is 3.14. The minimum absolute atomic E-state index is 0.0976. The Labute approximate surface area is 159 Å². The molecular formula is C21H27N5O. The van der Waals surface area contributed by atoms with Gasteiger partial charge in [0.05, 0.1) is 11.0 Å². The van der Waals surface area contributed by atoms with Gasteiger partial charge in [0.15, 0.2) is 5.82 Å². The minimum Gasteiger partial charge on any atom is -0.348 e. The first-order valence-electron chi connectivity index (χ1n) is 9.43. The van der Waals surface area contributed by atoms with Crippen molar-refractivity contribution in [2.45, 2.75) is 32.2 Å². The molecule has 27 heavy (non-hydrogen) atoms. The van der Waals surface area contributed by atoms with Crippen molar-refractivity contribution in [2.75, 3.05) is 13.1 Å². The second kappa shape index (κ2) is 8.79. The summed E-state index contributed by atoms with van der Waals surface area (Å²) in [6.07, 6.45) is 2.66. The molecule has 0 aliphatic carbocycles. The summed E-state index contributed by atoms with van der Waals surface area (Å²) in [4.78, 5) is 19.8. The van der Waals surface area contributed by atoms with Gasteiger partial charge in [-0.25, -0.2) is 4.98 Å². The molecule has 0 saturated carbocycles. The third-order valence-corrected chi connectivity index (χ3v) is 4.70. The molecule has 0 aliphatic heterocycles. The number of H-pyrrole nitrogens is 1. The molecule has 0 aliphatic rings. The Kier molecular flexibility index (Phi) is 6.21. The molecular weight excluding hydrogens is 338 g/mol. The molecule has 2 aromatic carbocycles. The lowest BCUT2D eigenvalue weighted by molar-refractivity contribution is 0.0941. The number of imidazole rings is 1. The number of aryl methyl sites for hydroxylation is 1. The number of hydrogen-bond donors (Lipinski definition) is 4. The molecule has 1 amide bonds. The molecule has 3 aromatic rings. The highest BCUT2D eigenvalue weighted by molar-refractivity contribution is 5.94. The van der Waals surface area contributed by atoms with E-state index in [1.807, 2.05) is 18.2 Å². The largest absolute Gasteiger partial charge is 0.348 e. The van der Waals surface area contributed by atoms with Crippen LogP contribution in [0.2, 0.25) is 0 Å². The third-order valence-electron chi connectivity index (χ3n) is 4.70. The second-order valence-corrected chi connectivity index (χ2v) is 6.77. The van der Waals surface area contributed by atoms with Crippen LogP contribution in [0.5, 0.6) is 0 Å². The maximum atomic E-state index is 12.3. The van der Waals surface area contributed by atoms with Gasteiger partial charge < -0.3 is 21.8 Å². The van der Waals surface area contributed by atoms with E-state index in [0.717, 1.165) is 41.4 Å². The SMILES string of the molecule is CCc1ccc(-c2ccc3nc(C(=O)NC[C@@H](N)CCCN)[nH]c3c2)cc1. The Balaban J connectivity index is 1.72. The lowest BCUT2D eigenvalue weighted by Crippen LogP contribution is -2.37. The summed E-state index contributed by atoms with van der Waals surface area (Å²) in [5.41, 5.74) is 16.6. The van der Waals surface area contributed by atoms with Gasteiger partial charge in [0.25, 0.3) is 5.91 Å². The Morgan fingerprint density at radius 1 is 1.19 bits per heavy atom. The predicted molar refractivity (Wildman–Crippen MR) is 110 cm³/mol. The molecule has 3 rings (SSSR count). The highest BCUT2D eigenvalue weighted by Crippen LogP contribution is 2.24. The van der Waals surface area contributed by atoms with Crippen LogP contribution in [0, 0.1) is 0 Å². The highest BCUT2D eigenvalue weighted by Gasteiger charge is 2.13. The van der Waals surface area contributed by atoms with E-state index in [1.54, 1.807) is 0 Å². The summed E-state index contributed by atoms with van der Waals surface area (Å²) >= 11 is 0. The molecule has 0 bridgehead atoms. The average molecular weight is 365 g/mol. The molecule has 6 nitrogen and oxygen atoms in total. The molecule has 0 fully saturated rings. The molecule has 1 heterocycles. The molecule has 0 saturated heterocycles. The normalized spacial score (nSPS) is 12.3. The van der Waals surface area contributed by atoms with Crippen LogP contribution in [-0.2, 0) is 6.42 Å². The van der Waals surface area contributed by atoms with E-state index >= 15 is 0 Å². The molecule has 0 unspecified atom stereocenters. The van der Waals surface area contributed by atoms with Gasteiger partial charge in [0, 0.05) is 12.6 Å². The number of rotatable bonds is 8. The fourth-order valence-electron chi connectivity index (χ4n) is 3.02. The quantitative estimate of drug-likeness (QED) is 0.492. The molecule has 0 spiro atoms. The Morgan fingerprint density at radius 3 is 2.63 bits per heavy atom. The number of benzene rings is 2. The smallest absolute Gasteiger partial charge is 0.287 e. The van der Waals surface area contributed by atoms with Crippen molar-refractivity contribution < 1.29 is 4.79 Å². The van der Waals surface area contributed by atoms with E-state index in [4.69, 9.17) is 11.5 Å². The fourth-order valence-corrected chi connectivity index (χ4v) is 3.02. The Hall–Kier alpha value is -2.70. The minimum atomic E-state index is -0.247. The van der Waals surface area contributed by atoms with E-state index in [2.05, 4.69) is 46.5 Å². The molecule has 6 N–H and O–H groups in total. The number of nitrogens with one attached hydrogen (secondary N) is 2. The number of carbonyl (C=O) groups excluding carboxylic acids is 1. The van der Waals surface area contributed by atoms with Gasteiger partial charge in [-0.15, -0.1) is 0 Å². The summed E-state index contributed by atoms with van der Waals surface area (Å²) in [6.45, 7) is 3.16. The van der Waals surface area contributed by atoms with Gasteiger partial charge in [-0.1, -0.05) is 37.3 Å². The number of nitrogens with two attached hydrogens (primary N) is 2. The van der Waals surface area contributed by atoms with Gasteiger partial charge in [0.1, 0.15) is 0 Å². The lowest BCUT2D eigenvalue weighted by Gasteiger charge is -2.11. The first kappa shape index (κ1) is 19.1. The van der Waals surface area contributed by atoms with Crippen molar-refractivity contribution in [1.29, 1.82) is 0 Å². The van der Waals surface area contributed by atoms with E-state index < -0.39 is 0 Å². The van der Waals surface area contributed by atoms with Crippen LogP contribution in [-0.4, -0.2) is 35.0 Å². The summed E-state index contributed by atoms with van der Waals surface area (Å²) in [5.74, 6) is 0.0535. The van der Waals surface area contributed by atoms with Gasteiger partial charge in [-0.2, -0.15) is 0 Å². The van der Waals surface area contributed by atoms with Crippen LogP contribution in [0.15, 0.2) is 42.5 Å². The summed E-state index contributed by atoms with van der Waals surface area (Å²) in [6, 6.07) is 14.4. The van der Waals surface area contributed by atoms with Crippen LogP contribution in [0.3, 0.4) is 0 Å². The molecule has 0 radical (unpaired) electrons. The van der Waals surface area contributed by atoms with Crippen LogP contribution >= 0.6 is 0 Å². The standard InChI is InChI=1S/C21H27N5O/c1-2-14-5-7-15(8-6-14)16-9-10-18-19(12-16)26-20(25-18)21(27)24-13-17(23)4-3-11-22/h5-10,12,17H,2-4,11,13,22-23H2,1H3,(H,24,27)(H,25,26)/t17-/m0/s1. The predicted octanol–water partition coefficient (Wildman–Crippen LogP) is 2.59. The highest BCUT2D eigenvalue weighted by atomic mass is 16.2. The number of hydrogen-bond acceptors (Lipinski definition) is 4. The third kappa shape index (κ3) is 4.72. The monoisotopic (exact) mass is 365 g/mol. The van der Waals surface area contributed by atoms with Crippen molar-refractivity contribution in [3.63, 3.8) is 0 Å². The first-order valence-corrected chi connectivity index (χ1v) is 9.43. The van der Waals surface area contributed by atoms with Crippen molar-refractivity contribution in [2.24, 2.45) is 11.5 Å². The van der Waals surface area contributed by atoms with Crippen molar-refractivity contribution in [3.05, 3.63) is 53.9 Å². The van der Waals surface area contributed by atoms with E-state index in [-0.39, 0.29) is 11.9 Å². The lowest BCUT2D eigenvalue weighted by atomic mass is 10.0. The summed E-state index contributed by atoms with van der Waals surface area (Å²) < 4.78 is 0. The molecule has 142 valence electrons. The number of nitrogens with zero attached hydrogens (tertiary/aromatic N) is 1. The van der Waals surface area contributed by atoms with Gasteiger partial charge in [-0.05, 0) is 54.6 Å². The van der Waals surface area contributed by atoms with Crippen LogP contribution in [0.25, 0.3) is 22.2 Å². The number of aromatic amines is 1. The molecule has 1 aromatic heterocycles. The second-order valence-electron chi connectivity index (χ2n) is 6.77. The number of aromatic nitrogens is 2. The van der Waals surface area contributed by atoms with Crippen LogP contribution in [0.4, 0.5) is 0 Å². The van der Waals surface area contributed by atoms with E-state index in [9.17, 15) is 4.79 Å². The van der Waals surface area contributed by atoms with Crippen LogP contribution < -0.4 is 16.8 Å². The van der Waals surface area contributed by atoms with Gasteiger partial charge in [-0.3, -0.25) is 4.79 Å². The maximum Gasteiger partial charge on any atom is 0.287 e. The van der Waals surface area contributed by atoms with E-state index in [0.29, 0.717) is 18.9 Å². The number of fused-ring (bicyclic) bond motifs is 1. The van der Waals surface area contributed by atoms with Crippen molar-refractivity contribution >= 4 is 16.9 Å². The molecule has 6 heteroatoms. The number of amides is 1. The zero-order chi connectivity index (χ0) is 19.2. The first-order chi connectivity index (χ1) is 13.1.